The maximum atomic E-state index is 14.2. The zero-order valence-electron chi connectivity index (χ0n) is 11.0. The first kappa shape index (κ1) is 15.1. The molecule has 1 aliphatic heterocycles. The molecule has 0 amide bonds. The number of aliphatic hydroxyl groups excluding tert-OH is 1. The summed E-state index contributed by atoms with van der Waals surface area (Å²) in [5.74, 6) is -1.45. The predicted molar refractivity (Wildman–Crippen MR) is 75.9 cm³/mol. The minimum atomic E-state index is -0.724. The van der Waals surface area contributed by atoms with Gasteiger partial charge in [0.15, 0.2) is 0 Å². The van der Waals surface area contributed by atoms with Gasteiger partial charge >= 0.3 is 0 Å². The number of hydrogen-bond donors (Lipinski definition) is 2. The molecule has 0 spiro atoms. The van der Waals surface area contributed by atoms with E-state index in [0.717, 1.165) is 12.1 Å². The van der Waals surface area contributed by atoms with Crippen LogP contribution in [0.1, 0.15) is 12.5 Å². The molecule has 4 nitrogen and oxygen atoms in total. The fourth-order valence-corrected chi connectivity index (χ4v) is 2.34. The lowest BCUT2D eigenvalue weighted by Gasteiger charge is -2.39. The summed E-state index contributed by atoms with van der Waals surface area (Å²) in [6.07, 6.45) is -0.458. The van der Waals surface area contributed by atoms with Crippen LogP contribution in [0.25, 0.3) is 0 Å². The fraction of sp³-hybridized carbons (Fsp3) is 0.462. The van der Waals surface area contributed by atoms with Crippen molar-refractivity contribution in [2.45, 2.75) is 19.1 Å². The van der Waals surface area contributed by atoms with Crippen molar-refractivity contribution in [3.63, 3.8) is 0 Å². The molecule has 0 radical (unpaired) electrons. The Balaban J connectivity index is 2.38. The number of nitrogens with zero attached hydrogens (tertiary/aromatic N) is 1. The van der Waals surface area contributed by atoms with Gasteiger partial charge in [0.1, 0.15) is 22.3 Å². The molecule has 2 rings (SSSR count). The number of aliphatic hydroxyl groups is 1. The van der Waals surface area contributed by atoms with E-state index in [4.69, 9.17) is 27.8 Å². The van der Waals surface area contributed by atoms with Crippen molar-refractivity contribution in [1.29, 1.82) is 0 Å². The summed E-state index contributed by atoms with van der Waals surface area (Å²) in [5, 5.41) is 9.12. The highest BCUT2D eigenvalue weighted by atomic mass is 32.1. The number of rotatable bonds is 3. The third kappa shape index (κ3) is 2.89. The SMILES string of the molecule is CC1COC(CO)CN1c1c(F)cc(C(N)=S)cc1F. The lowest BCUT2D eigenvalue weighted by Crippen LogP contribution is -2.50. The lowest BCUT2D eigenvalue weighted by molar-refractivity contribution is -0.0107. The van der Waals surface area contributed by atoms with Gasteiger partial charge in [0.05, 0.1) is 19.3 Å². The van der Waals surface area contributed by atoms with Gasteiger partial charge in [-0.15, -0.1) is 0 Å². The molecule has 1 aliphatic rings. The molecule has 1 aromatic carbocycles. The van der Waals surface area contributed by atoms with Gasteiger partial charge in [-0.2, -0.15) is 0 Å². The Hall–Kier alpha value is -1.31. The molecule has 2 unspecified atom stereocenters. The van der Waals surface area contributed by atoms with E-state index >= 15 is 0 Å². The average Bonchev–Trinajstić information content (AvgIpc) is 2.39. The van der Waals surface area contributed by atoms with Gasteiger partial charge < -0.3 is 20.5 Å². The van der Waals surface area contributed by atoms with Crippen LogP contribution in [0, 0.1) is 11.6 Å². The molecule has 1 heterocycles. The topological polar surface area (TPSA) is 58.7 Å². The van der Waals surface area contributed by atoms with Crippen LogP contribution in [0.15, 0.2) is 12.1 Å². The molecule has 2 atom stereocenters. The first-order valence-corrected chi connectivity index (χ1v) is 6.62. The number of nitrogens with two attached hydrogens (primary N) is 1. The smallest absolute Gasteiger partial charge is 0.150 e. The Morgan fingerprint density at radius 2 is 2.10 bits per heavy atom. The largest absolute Gasteiger partial charge is 0.394 e. The number of benzene rings is 1. The normalized spacial score (nSPS) is 22.9. The van der Waals surface area contributed by atoms with Crippen molar-refractivity contribution >= 4 is 22.9 Å². The van der Waals surface area contributed by atoms with Gasteiger partial charge in [-0.1, -0.05) is 12.2 Å². The molecular formula is C13H16F2N2O2S. The molecule has 1 fully saturated rings. The molecule has 0 aliphatic carbocycles. The number of ether oxygens (including phenoxy) is 1. The Bertz CT molecular complexity index is 504. The minimum Gasteiger partial charge on any atom is -0.394 e. The Morgan fingerprint density at radius 3 is 2.60 bits per heavy atom. The van der Waals surface area contributed by atoms with E-state index in [0.29, 0.717) is 6.61 Å². The van der Waals surface area contributed by atoms with E-state index in [1.54, 1.807) is 11.8 Å². The third-order valence-corrected chi connectivity index (χ3v) is 3.53. The van der Waals surface area contributed by atoms with Gasteiger partial charge in [-0.25, -0.2) is 8.78 Å². The van der Waals surface area contributed by atoms with Crippen LogP contribution < -0.4 is 10.6 Å². The zero-order valence-corrected chi connectivity index (χ0v) is 11.8. The standard InChI is InChI=1S/C13H16F2N2O2S/c1-7-6-19-9(5-18)4-17(7)12-10(14)2-8(13(16)20)3-11(12)15/h2-3,7,9,18H,4-6H2,1H3,(H2,16,20). The Kier molecular flexibility index (Phi) is 4.52. The molecule has 1 saturated heterocycles. The van der Waals surface area contributed by atoms with Crippen LogP contribution >= 0.6 is 12.2 Å². The summed E-state index contributed by atoms with van der Waals surface area (Å²) < 4.78 is 33.7. The van der Waals surface area contributed by atoms with Crippen LogP contribution in [0.3, 0.4) is 0 Å². The van der Waals surface area contributed by atoms with E-state index in [1.807, 2.05) is 0 Å². The third-order valence-electron chi connectivity index (χ3n) is 3.30. The van der Waals surface area contributed by atoms with Crippen LogP contribution in [-0.4, -0.2) is 42.0 Å². The van der Waals surface area contributed by atoms with E-state index in [-0.39, 0.29) is 35.4 Å². The van der Waals surface area contributed by atoms with Gasteiger partial charge in [0, 0.05) is 18.2 Å². The highest BCUT2D eigenvalue weighted by Gasteiger charge is 2.30. The lowest BCUT2D eigenvalue weighted by atomic mass is 10.1. The first-order chi connectivity index (χ1) is 9.43. The van der Waals surface area contributed by atoms with Crippen LogP contribution in [0.5, 0.6) is 0 Å². The molecule has 110 valence electrons. The Labute approximate surface area is 121 Å². The predicted octanol–water partition coefficient (Wildman–Crippen LogP) is 1.18. The Morgan fingerprint density at radius 1 is 1.50 bits per heavy atom. The molecular weight excluding hydrogens is 286 g/mol. The number of thiocarbonyl (C=S) groups is 1. The summed E-state index contributed by atoms with van der Waals surface area (Å²) in [7, 11) is 0. The van der Waals surface area contributed by atoms with Gasteiger partial charge in [-0.05, 0) is 19.1 Å². The van der Waals surface area contributed by atoms with Gasteiger partial charge in [-0.3, -0.25) is 0 Å². The van der Waals surface area contributed by atoms with E-state index in [1.165, 1.54) is 0 Å². The maximum absolute atomic E-state index is 14.2. The highest BCUT2D eigenvalue weighted by molar-refractivity contribution is 7.80. The van der Waals surface area contributed by atoms with Crippen LogP contribution in [-0.2, 0) is 4.74 Å². The van der Waals surface area contributed by atoms with Crippen molar-refractivity contribution in [1.82, 2.24) is 0 Å². The monoisotopic (exact) mass is 302 g/mol. The van der Waals surface area contributed by atoms with Crippen molar-refractivity contribution in [2.24, 2.45) is 5.73 Å². The second-order valence-electron chi connectivity index (χ2n) is 4.79. The summed E-state index contributed by atoms with van der Waals surface area (Å²) >= 11 is 4.72. The molecule has 0 aromatic heterocycles. The summed E-state index contributed by atoms with van der Waals surface area (Å²) in [6.45, 7) is 2.12. The van der Waals surface area contributed by atoms with Crippen LogP contribution in [0.2, 0.25) is 0 Å². The van der Waals surface area contributed by atoms with Gasteiger partial charge in [0.25, 0.3) is 0 Å². The number of hydrogen-bond acceptors (Lipinski definition) is 4. The summed E-state index contributed by atoms with van der Waals surface area (Å²) in [5.41, 5.74) is 5.39. The second kappa shape index (κ2) is 5.99. The number of halogens is 2. The summed E-state index contributed by atoms with van der Waals surface area (Å²) in [4.78, 5) is 1.50. The van der Waals surface area contributed by atoms with Crippen LogP contribution in [0.4, 0.5) is 14.5 Å². The maximum Gasteiger partial charge on any atom is 0.150 e. The minimum absolute atomic E-state index is 0.0578. The quantitative estimate of drug-likeness (QED) is 0.821. The van der Waals surface area contributed by atoms with Crippen molar-refractivity contribution in [2.75, 3.05) is 24.7 Å². The molecule has 20 heavy (non-hydrogen) atoms. The number of anilines is 1. The molecule has 0 bridgehead atoms. The first-order valence-electron chi connectivity index (χ1n) is 6.22. The molecule has 1 aromatic rings. The zero-order chi connectivity index (χ0) is 14.9. The van der Waals surface area contributed by atoms with E-state index < -0.39 is 17.7 Å². The average molecular weight is 302 g/mol. The van der Waals surface area contributed by atoms with Gasteiger partial charge in [0.2, 0.25) is 0 Å². The van der Waals surface area contributed by atoms with Crippen molar-refractivity contribution < 1.29 is 18.6 Å². The number of morpholine rings is 1. The van der Waals surface area contributed by atoms with E-state index in [2.05, 4.69) is 0 Å². The molecule has 3 N–H and O–H groups in total. The highest BCUT2D eigenvalue weighted by Crippen LogP contribution is 2.29. The van der Waals surface area contributed by atoms with Crippen molar-refractivity contribution in [3.05, 3.63) is 29.3 Å². The fourth-order valence-electron chi connectivity index (χ4n) is 2.22. The second-order valence-corrected chi connectivity index (χ2v) is 5.23. The van der Waals surface area contributed by atoms with E-state index in [9.17, 15) is 8.78 Å². The van der Waals surface area contributed by atoms with Crippen molar-refractivity contribution in [3.8, 4) is 0 Å². The molecule has 7 heteroatoms. The molecule has 0 saturated carbocycles. The summed E-state index contributed by atoms with van der Waals surface area (Å²) in [6, 6.07) is 2.05.